The molecule has 0 unspecified atom stereocenters. The van der Waals surface area contributed by atoms with Crippen LogP contribution in [0.5, 0.6) is 0 Å². The van der Waals surface area contributed by atoms with Crippen molar-refractivity contribution in [2.24, 2.45) is 0 Å². The van der Waals surface area contributed by atoms with Crippen LogP contribution in [0.1, 0.15) is 16.7 Å². The molecule has 0 fully saturated rings. The fourth-order valence-corrected chi connectivity index (χ4v) is 3.08. The van der Waals surface area contributed by atoms with E-state index >= 15 is 0 Å². The van der Waals surface area contributed by atoms with Crippen LogP contribution in [-0.4, -0.2) is 10.9 Å². The third-order valence-corrected chi connectivity index (χ3v) is 4.29. The van der Waals surface area contributed by atoms with Gasteiger partial charge in [-0.1, -0.05) is 53.3 Å². The lowest BCUT2D eigenvalue weighted by Gasteiger charge is -1.96. The monoisotopic (exact) mass is 308 g/mol. The summed E-state index contributed by atoms with van der Waals surface area (Å²) in [6, 6.07) is 14.0. The number of nitrogens with one attached hydrogen (secondary N) is 1. The Hall–Kier alpha value is -2.46. The van der Waals surface area contributed by atoms with E-state index in [-0.39, 0.29) is 5.91 Å². The van der Waals surface area contributed by atoms with E-state index in [4.69, 9.17) is 0 Å². The summed E-state index contributed by atoms with van der Waals surface area (Å²) < 4.78 is 1.08. The number of hydrogen-bond donors (Lipinski definition) is 1. The molecule has 1 aromatic heterocycles. The van der Waals surface area contributed by atoms with Gasteiger partial charge in [0, 0.05) is 6.08 Å². The Morgan fingerprint density at radius 3 is 2.64 bits per heavy atom. The smallest absolute Gasteiger partial charge is 0.250 e. The average Bonchev–Trinajstić information content (AvgIpc) is 2.90. The van der Waals surface area contributed by atoms with Gasteiger partial charge < -0.3 is 0 Å². The predicted molar refractivity (Wildman–Crippen MR) is 93.2 cm³/mol. The number of thiazole rings is 1. The van der Waals surface area contributed by atoms with Crippen LogP contribution in [0, 0.1) is 13.8 Å². The van der Waals surface area contributed by atoms with Gasteiger partial charge in [0.05, 0.1) is 10.2 Å². The van der Waals surface area contributed by atoms with Crippen LogP contribution in [0.3, 0.4) is 0 Å². The molecule has 0 atom stereocenters. The molecule has 1 heterocycles. The third-order valence-electron chi connectivity index (χ3n) is 3.36. The maximum atomic E-state index is 12.0. The van der Waals surface area contributed by atoms with Gasteiger partial charge in [0.2, 0.25) is 5.91 Å². The number of nitrogens with zero attached hydrogens (tertiary/aromatic N) is 1. The lowest BCUT2D eigenvalue weighted by atomic mass is 10.1. The first-order valence-corrected chi connectivity index (χ1v) is 7.85. The number of amides is 1. The van der Waals surface area contributed by atoms with Crippen LogP contribution in [0.4, 0.5) is 5.13 Å². The van der Waals surface area contributed by atoms with Crippen LogP contribution < -0.4 is 5.32 Å². The number of benzene rings is 2. The molecule has 1 N–H and O–H groups in total. The second-order valence-electron chi connectivity index (χ2n) is 5.17. The van der Waals surface area contributed by atoms with E-state index in [0.717, 1.165) is 21.3 Å². The van der Waals surface area contributed by atoms with Crippen molar-refractivity contribution in [2.45, 2.75) is 13.8 Å². The number of carbonyl (C=O) groups is 1. The first kappa shape index (κ1) is 14.5. The van der Waals surface area contributed by atoms with Gasteiger partial charge in [-0.15, -0.1) is 0 Å². The molecular weight excluding hydrogens is 292 g/mol. The van der Waals surface area contributed by atoms with Crippen LogP contribution in [0.25, 0.3) is 16.3 Å². The van der Waals surface area contributed by atoms with E-state index < -0.39 is 0 Å². The molecule has 0 spiro atoms. The van der Waals surface area contributed by atoms with Crippen LogP contribution >= 0.6 is 11.3 Å². The van der Waals surface area contributed by atoms with Gasteiger partial charge in [-0.25, -0.2) is 4.98 Å². The lowest BCUT2D eigenvalue weighted by Crippen LogP contribution is -2.07. The van der Waals surface area contributed by atoms with E-state index in [1.165, 1.54) is 23.0 Å². The van der Waals surface area contributed by atoms with Crippen molar-refractivity contribution >= 4 is 38.7 Å². The average molecular weight is 308 g/mol. The molecule has 4 heteroatoms. The second-order valence-corrected chi connectivity index (χ2v) is 6.20. The molecule has 3 nitrogen and oxygen atoms in total. The van der Waals surface area contributed by atoms with Gasteiger partial charge in [-0.3, -0.25) is 10.1 Å². The zero-order valence-corrected chi connectivity index (χ0v) is 13.3. The highest BCUT2D eigenvalue weighted by Gasteiger charge is 2.07. The highest BCUT2D eigenvalue weighted by Crippen LogP contribution is 2.27. The zero-order chi connectivity index (χ0) is 15.5. The molecule has 3 aromatic rings. The summed E-state index contributed by atoms with van der Waals surface area (Å²) in [6.07, 6.45) is 3.33. The molecule has 22 heavy (non-hydrogen) atoms. The summed E-state index contributed by atoms with van der Waals surface area (Å²) in [4.78, 5) is 16.5. The summed E-state index contributed by atoms with van der Waals surface area (Å²) in [7, 11) is 0. The number of para-hydroxylation sites is 1. The molecule has 0 aliphatic heterocycles. The summed E-state index contributed by atoms with van der Waals surface area (Å²) in [5.74, 6) is -0.169. The van der Waals surface area contributed by atoms with Crippen molar-refractivity contribution < 1.29 is 4.79 Å². The highest BCUT2D eigenvalue weighted by atomic mass is 32.1. The molecule has 0 saturated carbocycles. The third kappa shape index (κ3) is 3.23. The number of anilines is 1. The topological polar surface area (TPSA) is 42.0 Å². The molecule has 0 radical (unpaired) electrons. The Morgan fingerprint density at radius 2 is 1.91 bits per heavy atom. The first-order chi connectivity index (χ1) is 10.6. The van der Waals surface area contributed by atoms with Crippen molar-refractivity contribution in [3.8, 4) is 0 Å². The van der Waals surface area contributed by atoms with Crippen molar-refractivity contribution in [3.63, 3.8) is 0 Å². The number of aryl methyl sites for hydroxylation is 2. The van der Waals surface area contributed by atoms with E-state index in [9.17, 15) is 4.79 Å². The Labute approximate surface area is 133 Å². The maximum Gasteiger partial charge on any atom is 0.250 e. The quantitative estimate of drug-likeness (QED) is 0.720. The second kappa shape index (κ2) is 6.12. The van der Waals surface area contributed by atoms with Crippen LogP contribution in [-0.2, 0) is 4.79 Å². The molecule has 0 aliphatic rings. The van der Waals surface area contributed by atoms with Crippen molar-refractivity contribution in [1.29, 1.82) is 0 Å². The molecule has 3 rings (SSSR count). The largest absolute Gasteiger partial charge is 0.298 e. The molecule has 1 amide bonds. The Kier molecular flexibility index (Phi) is 4.02. The molecule has 0 bridgehead atoms. The SMILES string of the molecule is Cc1ccc(C=CC(=O)Nc2nc3c(C)cccc3s2)cc1. The highest BCUT2D eigenvalue weighted by molar-refractivity contribution is 7.22. The summed E-state index contributed by atoms with van der Waals surface area (Å²) in [5.41, 5.74) is 4.27. The van der Waals surface area contributed by atoms with Crippen LogP contribution in [0.15, 0.2) is 48.5 Å². The Morgan fingerprint density at radius 1 is 1.14 bits per heavy atom. The maximum absolute atomic E-state index is 12.0. The minimum absolute atomic E-state index is 0.169. The molecular formula is C18H16N2OS. The normalized spacial score (nSPS) is 11.2. The standard InChI is InChI=1S/C18H16N2OS/c1-12-6-8-14(9-7-12)10-11-16(21)19-18-20-17-13(2)4-3-5-15(17)22-18/h3-11H,1-2H3,(H,19,20,21). The van der Waals surface area contributed by atoms with E-state index in [2.05, 4.69) is 10.3 Å². The zero-order valence-electron chi connectivity index (χ0n) is 12.5. The van der Waals surface area contributed by atoms with Gasteiger partial charge in [0.1, 0.15) is 0 Å². The molecule has 2 aromatic carbocycles. The minimum atomic E-state index is -0.169. The van der Waals surface area contributed by atoms with Crippen molar-refractivity contribution in [2.75, 3.05) is 5.32 Å². The molecule has 0 aliphatic carbocycles. The number of hydrogen-bond acceptors (Lipinski definition) is 3. The summed E-state index contributed by atoms with van der Waals surface area (Å²) >= 11 is 1.49. The first-order valence-electron chi connectivity index (χ1n) is 7.04. The van der Waals surface area contributed by atoms with E-state index in [1.54, 1.807) is 6.08 Å². The Bertz CT molecular complexity index is 847. The minimum Gasteiger partial charge on any atom is -0.298 e. The fourth-order valence-electron chi connectivity index (χ4n) is 2.14. The van der Waals surface area contributed by atoms with E-state index in [1.807, 2.05) is 56.3 Å². The van der Waals surface area contributed by atoms with Crippen molar-refractivity contribution in [1.82, 2.24) is 4.98 Å². The van der Waals surface area contributed by atoms with Gasteiger partial charge in [0.15, 0.2) is 5.13 Å². The number of carbonyl (C=O) groups excluding carboxylic acids is 1. The van der Waals surface area contributed by atoms with Gasteiger partial charge in [-0.2, -0.15) is 0 Å². The molecule has 110 valence electrons. The van der Waals surface area contributed by atoms with E-state index in [0.29, 0.717) is 5.13 Å². The van der Waals surface area contributed by atoms with Gasteiger partial charge in [-0.05, 0) is 37.1 Å². The predicted octanol–water partition coefficient (Wildman–Crippen LogP) is 4.57. The summed E-state index contributed by atoms with van der Waals surface area (Å²) in [6.45, 7) is 4.06. The fraction of sp³-hybridized carbons (Fsp3) is 0.111. The van der Waals surface area contributed by atoms with Gasteiger partial charge >= 0.3 is 0 Å². The number of rotatable bonds is 3. The number of aromatic nitrogens is 1. The van der Waals surface area contributed by atoms with Crippen LogP contribution in [0.2, 0.25) is 0 Å². The lowest BCUT2D eigenvalue weighted by molar-refractivity contribution is -0.111. The molecule has 0 saturated heterocycles. The number of fused-ring (bicyclic) bond motifs is 1. The summed E-state index contributed by atoms with van der Waals surface area (Å²) in [5, 5.41) is 3.45. The van der Waals surface area contributed by atoms with Crippen molar-refractivity contribution in [3.05, 3.63) is 65.2 Å². The van der Waals surface area contributed by atoms with Gasteiger partial charge in [0.25, 0.3) is 0 Å². The Balaban J connectivity index is 1.72.